The fraction of sp³-hybridized carbons (Fsp3) is 0.370. The highest BCUT2D eigenvalue weighted by Gasteiger charge is 2.20. The minimum atomic E-state index is -0.291. The van der Waals surface area contributed by atoms with Crippen LogP contribution in [0.15, 0.2) is 53.0 Å². The number of carbonyl (C=O) groups is 1. The van der Waals surface area contributed by atoms with Crippen LogP contribution < -0.4 is 4.74 Å². The van der Waals surface area contributed by atoms with Gasteiger partial charge in [-0.3, -0.25) is 0 Å². The quantitative estimate of drug-likeness (QED) is 0.323. The topological polar surface area (TPSA) is 40.5 Å². The lowest BCUT2D eigenvalue weighted by molar-refractivity contribution is 0.0525. The summed E-state index contributed by atoms with van der Waals surface area (Å²) in [6.07, 6.45) is 5.11. The Balaban J connectivity index is 1.74. The van der Waals surface area contributed by atoms with Gasteiger partial charge in [-0.1, -0.05) is 34.8 Å². The molecule has 3 aromatic rings. The van der Waals surface area contributed by atoms with Gasteiger partial charge < -0.3 is 14.0 Å². The van der Waals surface area contributed by atoms with Crippen molar-refractivity contribution in [3.8, 4) is 22.7 Å². The van der Waals surface area contributed by atoms with Crippen LogP contribution in [-0.4, -0.2) is 23.8 Å². The molecule has 168 valence electrons. The maximum Gasteiger partial charge on any atom is 0.338 e. The molecule has 32 heavy (non-hydrogen) atoms. The number of nitrogens with zero attached hydrogens (tertiary/aromatic N) is 1. The Morgan fingerprint density at radius 2 is 1.84 bits per heavy atom. The summed E-state index contributed by atoms with van der Waals surface area (Å²) in [5, 5.41) is 0. The predicted octanol–water partition coefficient (Wildman–Crippen LogP) is 7.27. The van der Waals surface area contributed by atoms with E-state index in [1.54, 1.807) is 0 Å². The molecule has 1 fully saturated rings. The van der Waals surface area contributed by atoms with Crippen molar-refractivity contribution in [1.29, 1.82) is 0 Å². The molecule has 1 saturated carbocycles. The molecule has 1 aromatic heterocycles. The molecular formula is C27H30BrNO3. The minimum Gasteiger partial charge on any atom is -0.493 e. The van der Waals surface area contributed by atoms with Crippen molar-refractivity contribution in [3.63, 3.8) is 0 Å². The number of ether oxygens (including phenoxy) is 2. The third kappa shape index (κ3) is 4.78. The van der Waals surface area contributed by atoms with Crippen LogP contribution in [0.2, 0.25) is 0 Å². The van der Waals surface area contributed by atoms with Gasteiger partial charge in [0.15, 0.2) is 0 Å². The molecule has 1 aliphatic rings. The van der Waals surface area contributed by atoms with Crippen LogP contribution in [-0.2, 0) is 4.74 Å². The zero-order valence-electron chi connectivity index (χ0n) is 19.0. The molecule has 2 aromatic carbocycles. The first kappa shape index (κ1) is 22.7. The number of rotatable bonds is 7. The van der Waals surface area contributed by atoms with Crippen molar-refractivity contribution < 1.29 is 14.3 Å². The van der Waals surface area contributed by atoms with E-state index in [-0.39, 0.29) is 5.97 Å². The van der Waals surface area contributed by atoms with Crippen molar-refractivity contribution >= 4 is 21.9 Å². The second-order valence-electron chi connectivity index (χ2n) is 8.52. The lowest BCUT2D eigenvalue weighted by Gasteiger charge is -2.18. The van der Waals surface area contributed by atoms with Crippen LogP contribution in [0.5, 0.6) is 5.75 Å². The van der Waals surface area contributed by atoms with E-state index in [0.717, 1.165) is 45.0 Å². The summed E-state index contributed by atoms with van der Waals surface area (Å²) >= 11 is 3.63. The van der Waals surface area contributed by atoms with Crippen molar-refractivity contribution in [3.05, 3.63) is 69.8 Å². The zero-order chi connectivity index (χ0) is 22.7. The minimum absolute atomic E-state index is 0.291. The summed E-state index contributed by atoms with van der Waals surface area (Å²) in [4.78, 5) is 12.5. The first-order chi connectivity index (χ1) is 15.5. The molecular weight excluding hydrogens is 466 g/mol. The molecule has 0 aliphatic heterocycles. The molecule has 1 aliphatic carbocycles. The maximum absolute atomic E-state index is 12.5. The van der Waals surface area contributed by atoms with Gasteiger partial charge in [0.2, 0.25) is 0 Å². The lowest BCUT2D eigenvalue weighted by atomic mass is 10.1. The molecule has 4 rings (SSSR count). The lowest BCUT2D eigenvalue weighted by Crippen LogP contribution is -2.10. The van der Waals surface area contributed by atoms with E-state index in [4.69, 9.17) is 9.47 Å². The molecule has 0 N–H and O–H groups in total. The van der Waals surface area contributed by atoms with E-state index >= 15 is 0 Å². The Labute approximate surface area is 198 Å². The normalized spacial score (nSPS) is 14.0. The molecule has 5 heteroatoms. The van der Waals surface area contributed by atoms with Crippen LogP contribution >= 0.6 is 15.9 Å². The third-order valence-electron chi connectivity index (χ3n) is 6.22. The first-order valence-corrected chi connectivity index (χ1v) is 12.2. The summed E-state index contributed by atoms with van der Waals surface area (Å²) in [6, 6.07) is 16.3. The number of esters is 1. The van der Waals surface area contributed by atoms with Crippen LogP contribution in [0.3, 0.4) is 0 Å². The number of benzene rings is 2. The van der Waals surface area contributed by atoms with Crippen molar-refractivity contribution in [2.45, 2.75) is 46.5 Å². The summed E-state index contributed by atoms with van der Waals surface area (Å²) in [7, 11) is 0. The van der Waals surface area contributed by atoms with E-state index in [1.165, 1.54) is 25.7 Å². The Morgan fingerprint density at radius 3 is 2.59 bits per heavy atom. The van der Waals surface area contributed by atoms with Crippen molar-refractivity contribution in [1.82, 2.24) is 4.57 Å². The van der Waals surface area contributed by atoms with Crippen molar-refractivity contribution in [2.75, 3.05) is 13.2 Å². The number of hydrogen-bond acceptors (Lipinski definition) is 3. The van der Waals surface area contributed by atoms with E-state index in [2.05, 4.69) is 45.6 Å². The van der Waals surface area contributed by atoms with Gasteiger partial charge in [0.25, 0.3) is 0 Å². The average molecular weight is 496 g/mol. The Hall–Kier alpha value is -2.53. The molecule has 1 heterocycles. The molecule has 0 unspecified atom stereocenters. The second-order valence-corrected chi connectivity index (χ2v) is 9.43. The smallest absolute Gasteiger partial charge is 0.338 e. The molecule has 0 spiro atoms. The van der Waals surface area contributed by atoms with E-state index < -0.39 is 0 Å². The average Bonchev–Trinajstić information content (AvgIpc) is 3.43. The number of hydrogen-bond donors (Lipinski definition) is 0. The summed E-state index contributed by atoms with van der Waals surface area (Å²) < 4.78 is 14.8. The second kappa shape index (κ2) is 9.95. The van der Waals surface area contributed by atoms with E-state index in [1.807, 2.05) is 44.2 Å². The van der Waals surface area contributed by atoms with E-state index in [0.29, 0.717) is 18.1 Å². The van der Waals surface area contributed by atoms with Gasteiger partial charge in [0.05, 0.1) is 24.5 Å². The Kier molecular flexibility index (Phi) is 7.04. The van der Waals surface area contributed by atoms with Gasteiger partial charge in [-0.25, -0.2) is 4.79 Å². The van der Waals surface area contributed by atoms with Gasteiger partial charge in [-0.15, -0.1) is 0 Å². The largest absolute Gasteiger partial charge is 0.493 e. The van der Waals surface area contributed by atoms with E-state index in [9.17, 15) is 4.79 Å². The molecule has 0 atom stereocenters. The highest BCUT2D eigenvalue weighted by Crippen LogP contribution is 2.37. The molecule has 0 saturated heterocycles. The molecule has 4 nitrogen and oxygen atoms in total. The highest BCUT2D eigenvalue weighted by atomic mass is 79.9. The van der Waals surface area contributed by atoms with Crippen LogP contribution in [0.1, 0.15) is 54.2 Å². The Morgan fingerprint density at radius 1 is 1.06 bits per heavy atom. The highest BCUT2D eigenvalue weighted by molar-refractivity contribution is 9.10. The fourth-order valence-corrected chi connectivity index (χ4v) is 4.84. The first-order valence-electron chi connectivity index (χ1n) is 11.4. The van der Waals surface area contributed by atoms with Gasteiger partial charge in [-0.2, -0.15) is 0 Å². The van der Waals surface area contributed by atoms with Gasteiger partial charge >= 0.3 is 5.97 Å². The standard InChI is InChI=1S/C27H30BrNO3/c1-4-31-27(30)23-16-22(12-9-18(23)2)29-19(3)10-13-25(29)24-15-21(28)11-14-26(24)32-17-20-7-5-6-8-20/h9-16,20H,4-8,17H2,1-3H3. The van der Waals surface area contributed by atoms with Gasteiger partial charge in [0, 0.05) is 21.4 Å². The monoisotopic (exact) mass is 495 g/mol. The summed E-state index contributed by atoms with van der Waals surface area (Å²) in [5.41, 5.74) is 5.57. The van der Waals surface area contributed by atoms with Crippen LogP contribution in [0.4, 0.5) is 0 Å². The third-order valence-corrected chi connectivity index (χ3v) is 6.71. The van der Waals surface area contributed by atoms with Crippen LogP contribution in [0, 0.1) is 19.8 Å². The Bertz CT molecular complexity index is 1110. The zero-order valence-corrected chi connectivity index (χ0v) is 20.6. The summed E-state index contributed by atoms with van der Waals surface area (Å²) in [5.74, 6) is 1.24. The fourth-order valence-electron chi connectivity index (χ4n) is 4.48. The number of aryl methyl sites for hydroxylation is 2. The molecule has 0 bridgehead atoms. The number of carbonyl (C=O) groups excluding carboxylic acids is 1. The number of aromatic nitrogens is 1. The number of halogens is 1. The maximum atomic E-state index is 12.5. The summed E-state index contributed by atoms with van der Waals surface area (Å²) in [6.45, 7) is 6.95. The molecule has 0 radical (unpaired) electrons. The SMILES string of the molecule is CCOC(=O)c1cc(-n2c(C)ccc2-c2cc(Br)ccc2OCC2CCCC2)ccc1C. The van der Waals surface area contributed by atoms with Crippen molar-refractivity contribution in [2.24, 2.45) is 5.92 Å². The molecule has 0 amide bonds. The van der Waals surface area contributed by atoms with Gasteiger partial charge in [-0.05, 0) is 87.6 Å². The van der Waals surface area contributed by atoms with Gasteiger partial charge in [0.1, 0.15) is 5.75 Å². The van der Waals surface area contributed by atoms with Crippen LogP contribution in [0.25, 0.3) is 16.9 Å². The predicted molar refractivity (Wildman–Crippen MR) is 132 cm³/mol.